The van der Waals surface area contributed by atoms with E-state index in [0.29, 0.717) is 0 Å². The van der Waals surface area contributed by atoms with Crippen LogP contribution in [0.2, 0.25) is 0 Å². The highest BCUT2D eigenvalue weighted by molar-refractivity contribution is 7.09. The molecule has 3 rings (SSSR count). The summed E-state index contributed by atoms with van der Waals surface area (Å²) in [7, 11) is 0. The standard InChI is InChI=1S/C15H16N2OS/c1-11-15(19-10-16-11)5-7-17-6-4-13-3-2-12(9-18)8-14(13)17/h2-4,6,8,10,18H,5,7,9H2,1H3. The van der Waals surface area contributed by atoms with Crippen LogP contribution in [0.4, 0.5) is 0 Å². The molecule has 0 aliphatic rings. The zero-order valence-corrected chi connectivity index (χ0v) is 11.7. The molecule has 19 heavy (non-hydrogen) atoms. The van der Waals surface area contributed by atoms with Crippen molar-refractivity contribution in [2.45, 2.75) is 26.5 Å². The summed E-state index contributed by atoms with van der Waals surface area (Å²) in [5.41, 5.74) is 5.19. The van der Waals surface area contributed by atoms with Gasteiger partial charge in [-0.2, -0.15) is 0 Å². The molecule has 3 nitrogen and oxygen atoms in total. The molecule has 98 valence electrons. The van der Waals surface area contributed by atoms with E-state index in [9.17, 15) is 5.11 Å². The molecule has 4 heteroatoms. The van der Waals surface area contributed by atoms with E-state index < -0.39 is 0 Å². The monoisotopic (exact) mass is 272 g/mol. The zero-order chi connectivity index (χ0) is 13.2. The van der Waals surface area contributed by atoms with Gasteiger partial charge in [0.2, 0.25) is 0 Å². The Morgan fingerprint density at radius 3 is 2.95 bits per heavy atom. The summed E-state index contributed by atoms with van der Waals surface area (Å²) >= 11 is 1.72. The molecule has 0 amide bonds. The topological polar surface area (TPSA) is 38.0 Å². The van der Waals surface area contributed by atoms with Gasteiger partial charge in [-0.1, -0.05) is 12.1 Å². The lowest BCUT2D eigenvalue weighted by Crippen LogP contribution is -2.00. The fourth-order valence-corrected chi connectivity index (χ4v) is 3.08. The van der Waals surface area contributed by atoms with Crippen molar-refractivity contribution in [3.63, 3.8) is 0 Å². The molecule has 0 saturated heterocycles. The first kappa shape index (κ1) is 12.4. The summed E-state index contributed by atoms with van der Waals surface area (Å²) in [6.45, 7) is 3.10. The predicted octanol–water partition coefficient (Wildman–Crippen LogP) is 3.14. The van der Waals surface area contributed by atoms with Gasteiger partial charge in [0, 0.05) is 29.6 Å². The Bertz CT molecular complexity index is 699. The molecule has 0 aliphatic carbocycles. The van der Waals surface area contributed by atoms with Crippen molar-refractivity contribution in [2.24, 2.45) is 0 Å². The molecular formula is C15H16N2OS. The maximum absolute atomic E-state index is 9.23. The number of aryl methyl sites for hydroxylation is 3. The quantitative estimate of drug-likeness (QED) is 0.792. The number of hydrogen-bond donors (Lipinski definition) is 1. The highest BCUT2D eigenvalue weighted by atomic mass is 32.1. The Labute approximate surface area is 116 Å². The lowest BCUT2D eigenvalue weighted by atomic mass is 10.2. The second-order valence-electron chi connectivity index (χ2n) is 4.67. The van der Waals surface area contributed by atoms with E-state index in [1.165, 1.54) is 15.8 Å². The van der Waals surface area contributed by atoms with E-state index >= 15 is 0 Å². The van der Waals surface area contributed by atoms with Crippen LogP contribution in [-0.4, -0.2) is 14.7 Å². The van der Waals surface area contributed by atoms with Gasteiger partial charge in [-0.25, -0.2) is 4.98 Å². The van der Waals surface area contributed by atoms with Crippen LogP contribution < -0.4 is 0 Å². The molecule has 2 aromatic heterocycles. The van der Waals surface area contributed by atoms with E-state index in [4.69, 9.17) is 0 Å². The lowest BCUT2D eigenvalue weighted by molar-refractivity contribution is 0.282. The summed E-state index contributed by atoms with van der Waals surface area (Å²) in [4.78, 5) is 5.63. The van der Waals surface area contributed by atoms with Crippen LogP contribution in [0.3, 0.4) is 0 Å². The minimum atomic E-state index is 0.0923. The number of thiazole rings is 1. The molecule has 0 radical (unpaired) electrons. The molecule has 0 saturated carbocycles. The Hall–Kier alpha value is -1.65. The maximum atomic E-state index is 9.23. The molecule has 1 aromatic carbocycles. The molecule has 0 bridgehead atoms. The van der Waals surface area contributed by atoms with E-state index in [1.54, 1.807) is 11.3 Å². The summed E-state index contributed by atoms with van der Waals surface area (Å²) in [5.74, 6) is 0. The summed E-state index contributed by atoms with van der Waals surface area (Å²) in [6.07, 6.45) is 3.12. The zero-order valence-electron chi connectivity index (χ0n) is 10.8. The van der Waals surface area contributed by atoms with Crippen LogP contribution in [0, 0.1) is 6.92 Å². The van der Waals surface area contributed by atoms with Crippen LogP contribution in [0.5, 0.6) is 0 Å². The van der Waals surface area contributed by atoms with Gasteiger partial charge in [0.15, 0.2) is 0 Å². The molecule has 0 atom stereocenters. The normalized spacial score (nSPS) is 11.3. The minimum absolute atomic E-state index is 0.0923. The number of nitrogens with zero attached hydrogens (tertiary/aromatic N) is 2. The summed E-state index contributed by atoms with van der Waals surface area (Å²) in [6, 6.07) is 8.22. The molecule has 0 unspecified atom stereocenters. The lowest BCUT2D eigenvalue weighted by Gasteiger charge is -2.06. The number of rotatable bonds is 4. The van der Waals surface area contributed by atoms with Gasteiger partial charge in [-0.3, -0.25) is 0 Å². The molecule has 0 fully saturated rings. The van der Waals surface area contributed by atoms with Crippen molar-refractivity contribution in [3.05, 3.63) is 52.1 Å². The van der Waals surface area contributed by atoms with E-state index in [0.717, 1.165) is 24.2 Å². The fourth-order valence-electron chi connectivity index (χ4n) is 2.31. The molecule has 2 heterocycles. The van der Waals surface area contributed by atoms with E-state index in [2.05, 4.69) is 40.9 Å². The Morgan fingerprint density at radius 2 is 2.21 bits per heavy atom. The highest BCUT2D eigenvalue weighted by Gasteiger charge is 2.05. The van der Waals surface area contributed by atoms with Crippen LogP contribution >= 0.6 is 11.3 Å². The number of fused-ring (bicyclic) bond motifs is 1. The second-order valence-corrected chi connectivity index (χ2v) is 5.61. The van der Waals surface area contributed by atoms with Gasteiger partial charge >= 0.3 is 0 Å². The fraction of sp³-hybridized carbons (Fsp3) is 0.267. The third-order valence-corrected chi connectivity index (χ3v) is 4.44. The van der Waals surface area contributed by atoms with Crippen molar-refractivity contribution in [2.75, 3.05) is 0 Å². The van der Waals surface area contributed by atoms with Gasteiger partial charge in [0.25, 0.3) is 0 Å². The van der Waals surface area contributed by atoms with Crippen molar-refractivity contribution < 1.29 is 5.11 Å². The maximum Gasteiger partial charge on any atom is 0.0797 e. The van der Waals surface area contributed by atoms with Gasteiger partial charge < -0.3 is 9.67 Å². The average molecular weight is 272 g/mol. The van der Waals surface area contributed by atoms with Crippen molar-refractivity contribution in [1.82, 2.24) is 9.55 Å². The molecular weight excluding hydrogens is 256 g/mol. The summed E-state index contributed by atoms with van der Waals surface area (Å²) in [5, 5.41) is 10.4. The van der Waals surface area contributed by atoms with Crippen molar-refractivity contribution in [3.8, 4) is 0 Å². The average Bonchev–Trinajstić information content (AvgIpc) is 3.02. The highest BCUT2D eigenvalue weighted by Crippen LogP contribution is 2.20. The van der Waals surface area contributed by atoms with Crippen LogP contribution in [0.15, 0.2) is 36.0 Å². The minimum Gasteiger partial charge on any atom is -0.392 e. The van der Waals surface area contributed by atoms with Crippen LogP contribution in [0.25, 0.3) is 10.9 Å². The molecule has 0 aliphatic heterocycles. The Morgan fingerprint density at radius 1 is 1.32 bits per heavy atom. The smallest absolute Gasteiger partial charge is 0.0797 e. The third kappa shape index (κ3) is 2.41. The largest absolute Gasteiger partial charge is 0.392 e. The number of aliphatic hydroxyl groups is 1. The van der Waals surface area contributed by atoms with Gasteiger partial charge in [0.05, 0.1) is 17.8 Å². The van der Waals surface area contributed by atoms with E-state index in [-0.39, 0.29) is 6.61 Å². The predicted molar refractivity (Wildman–Crippen MR) is 78.4 cm³/mol. The van der Waals surface area contributed by atoms with Crippen LogP contribution in [-0.2, 0) is 19.6 Å². The number of benzene rings is 1. The first-order valence-electron chi connectivity index (χ1n) is 6.35. The Kier molecular flexibility index (Phi) is 3.36. The van der Waals surface area contributed by atoms with Crippen molar-refractivity contribution in [1.29, 1.82) is 0 Å². The SMILES string of the molecule is Cc1ncsc1CCn1ccc2ccc(CO)cc21. The van der Waals surface area contributed by atoms with Crippen molar-refractivity contribution >= 4 is 22.2 Å². The van der Waals surface area contributed by atoms with Gasteiger partial charge in [0.1, 0.15) is 0 Å². The van der Waals surface area contributed by atoms with Gasteiger partial charge in [-0.15, -0.1) is 11.3 Å². The summed E-state index contributed by atoms with van der Waals surface area (Å²) < 4.78 is 2.24. The second kappa shape index (κ2) is 5.15. The Balaban J connectivity index is 1.86. The van der Waals surface area contributed by atoms with Crippen LogP contribution in [0.1, 0.15) is 16.1 Å². The number of aromatic nitrogens is 2. The third-order valence-electron chi connectivity index (χ3n) is 3.45. The molecule has 1 N–H and O–H groups in total. The molecule has 3 aromatic rings. The first-order chi connectivity index (χ1) is 9.28. The first-order valence-corrected chi connectivity index (χ1v) is 7.23. The van der Waals surface area contributed by atoms with E-state index in [1.807, 2.05) is 11.6 Å². The number of aliphatic hydroxyl groups excluding tert-OH is 1. The molecule has 0 spiro atoms. The number of hydrogen-bond acceptors (Lipinski definition) is 3. The van der Waals surface area contributed by atoms with Gasteiger partial charge in [-0.05, 0) is 30.0 Å².